The minimum Gasteiger partial charge on any atom is -0.298 e. The molecule has 0 saturated carbocycles. The number of rotatable bonds is 3. The van der Waals surface area contributed by atoms with Gasteiger partial charge in [-0.25, -0.2) is 4.98 Å². The Labute approximate surface area is 85.4 Å². The zero-order chi connectivity index (χ0) is 9.68. The number of alkyl halides is 1. The summed E-state index contributed by atoms with van der Waals surface area (Å²) < 4.78 is 0. The number of allylic oxidation sites excluding steroid dienone is 1. The lowest BCUT2D eigenvalue weighted by molar-refractivity contribution is -0.111. The first-order chi connectivity index (χ1) is 6.26. The molecule has 1 rings (SSSR count). The van der Waals surface area contributed by atoms with Crippen LogP contribution in [0.2, 0.25) is 0 Å². The second-order valence-corrected chi connectivity index (χ2v) is 3.39. The van der Waals surface area contributed by atoms with E-state index in [1.54, 1.807) is 13.0 Å². The molecule has 0 unspecified atom stereocenters. The molecule has 0 fully saturated rings. The third-order valence-corrected chi connectivity index (χ3v) is 2.32. The second-order valence-electron chi connectivity index (χ2n) is 2.27. The summed E-state index contributed by atoms with van der Waals surface area (Å²) in [5, 5.41) is 5.02. The number of carbonyl (C=O) groups is 1. The first kappa shape index (κ1) is 10.2. The van der Waals surface area contributed by atoms with Crippen LogP contribution in [0.4, 0.5) is 5.13 Å². The number of carbonyl (C=O) groups excluding carboxylic acids is 1. The molecule has 1 N–H and O–H groups in total. The Morgan fingerprint density at radius 3 is 3.15 bits per heavy atom. The van der Waals surface area contributed by atoms with Crippen LogP contribution in [0.3, 0.4) is 0 Å². The molecule has 13 heavy (non-hydrogen) atoms. The van der Waals surface area contributed by atoms with Crippen molar-refractivity contribution in [2.24, 2.45) is 0 Å². The van der Waals surface area contributed by atoms with E-state index in [9.17, 15) is 4.79 Å². The van der Waals surface area contributed by atoms with E-state index in [1.165, 1.54) is 17.4 Å². The van der Waals surface area contributed by atoms with Crippen molar-refractivity contribution >= 4 is 34.0 Å². The highest BCUT2D eigenvalue weighted by Gasteiger charge is 2.02. The topological polar surface area (TPSA) is 42.0 Å². The van der Waals surface area contributed by atoms with Crippen molar-refractivity contribution in [3.63, 3.8) is 0 Å². The van der Waals surface area contributed by atoms with Gasteiger partial charge < -0.3 is 0 Å². The van der Waals surface area contributed by atoms with Crippen molar-refractivity contribution < 1.29 is 4.79 Å². The summed E-state index contributed by atoms with van der Waals surface area (Å²) in [6.45, 7) is 1.78. The number of halogens is 1. The van der Waals surface area contributed by atoms with Gasteiger partial charge >= 0.3 is 0 Å². The van der Waals surface area contributed by atoms with Crippen LogP contribution in [0.5, 0.6) is 0 Å². The average Bonchev–Trinajstić information content (AvgIpc) is 2.52. The summed E-state index contributed by atoms with van der Waals surface area (Å²) in [4.78, 5) is 15.1. The molecule has 0 aromatic carbocycles. The fourth-order valence-electron chi connectivity index (χ4n) is 0.724. The molecule has 1 heterocycles. The van der Waals surface area contributed by atoms with Crippen molar-refractivity contribution in [3.05, 3.63) is 23.2 Å². The van der Waals surface area contributed by atoms with Crippen LogP contribution in [0, 0.1) is 0 Å². The van der Waals surface area contributed by atoms with Crippen LogP contribution in [-0.2, 0) is 10.7 Å². The molecule has 0 aliphatic carbocycles. The lowest BCUT2D eigenvalue weighted by Crippen LogP contribution is -2.07. The van der Waals surface area contributed by atoms with E-state index in [-0.39, 0.29) is 5.91 Å². The number of aromatic nitrogens is 1. The first-order valence-corrected chi connectivity index (χ1v) is 5.11. The highest BCUT2D eigenvalue weighted by Crippen LogP contribution is 2.16. The van der Waals surface area contributed by atoms with E-state index >= 15 is 0 Å². The zero-order valence-corrected chi connectivity index (χ0v) is 8.65. The Morgan fingerprint density at radius 1 is 1.85 bits per heavy atom. The fraction of sp³-hybridized carbons (Fsp3) is 0.250. The number of nitrogens with one attached hydrogen (secondary N) is 1. The van der Waals surface area contributed by atoms with Crippen LogP contribution in [-0.4, -0.2) is 10.9 Å². The molecule has 70 valence electrons. The number of hydrogen-bond acceptors (Lipinski definition) is 3. The van der Waals surface area contributed by atoms with E-state index in [0.717, 1.165) is 5.69 Å². The molecular weight excluding hydrogens is 208 g/mol. The summed E-state index contributed by atoms with van der Waals surface area (Å²) in [7, 11) is 0. The lowest BCUT2D eigenvalue weighted by atomic mass is 10.5. The summed E-state index contributed by atoms with van der Waals surface area (Å²) in [6.07, 6.45) is 3.12. The third-order valence-electron chi connectivity index (χ3n) is 1.24. The smallest absolute Gasteiger partial charge is 0.249 e. The Hall–Kier alpha value is -0.870. The van der Waals surface area contributed by atoms with Crippen LogP contribution in [0.25, 0.3) is 0 Å². The quantitative estimate of drug-likeness (QED) is 0.623. The minimum atomic E-state index is -0.169. The first-order valence-electron chi connectivity index (χ1n) is 3.70. The van der Waals surface area contributed by atoms with Crippen molar-refractivity contribution in [2.45, 2.75) is 12.8 Å². The molecule has 0 atom stereocenters. The molecule has 0 bridgehead atoms. The molecule has 1 aromatic rings. The molecule has 0 aliphatic rings. The van der Waals surface area contributed by atoms with Crippen molar-refractivity contribution in [3.8, 4) is 0 Å². The molecule has 0 spiro atoms. The Bertz CT molecular complexity index is 322. The van der Waals surface area contributed by atoms with E-state index in [4.69, 9.17) is 11.6 Å². The number of anilines is 1. The van der Waals surface area contributed by atoms with E-state index in [0.29, 0.717) is 11.0 Å². The van der Waals surface area contributed by atoms with Crippen molar-refractivity contribution in [1.82, 2.24) is 4.98 Å². The van der Waals surface area contributed by atoms with Crippen molar-refractivity contribution in [1.29, 1.82) is 0 Å². The maximum Gasteiger partial charge on any atom is 0.249 e. The Morgan fingerprint density at radius 2 is 2.62 bits per heavy atom. The van der Waals surface area contributed by atoms with Gasteiger partial charge in [-0.2, -0.15) is 0 Å². The number of hydrogen-bond donors (Lipinski definition) is 1. The molecule has 0 aliphatic heterocycles. The van der Waals surface area contributed by atoms with Gasteiger partial charge in [0.1, 0.15) is 0 Å². The van der Waals surface area contributed by atoms with E-state index < -0.39 is 0 Å². The van der Waals surface area contributed by atoms with Gasteiger partial charge in [0.15, 0.2) is 5.13 Å². The van der Waals surface area contributed by atoms with Gasteiger partial charge in [0.2, 0.25) is 5.91 Å². The molecule has 1 amide bonds. The van der Waals surface area contributed by atoms with Gasteiger partial charge in [-0.15, -0.1) is 22.9 Å². The summed E-state index contributed by atoms with van der Waals surface area (Å²) in [6, 6.07) is 0. The van der Waals surface area contributed by atoms with Gasteiger partial charge in [-0.05, 0) is 13.0 Å². The maximum absolute atomic E-state index is 11.0. The summed E-state index contributed by atoms with van der Waals surface area (Å²) >= 11 is 6.92. The molecule has 5 heteroatoms. The molecule has 1 aromatic heterocycles. The highest BCUT2D eigenvalue weighted by molar-refractivity contribution is 7.14. The predicted octanol–water partition coefficient (Wildman–Crippen LogP) is 2.40. The van der Waals surface area contributed by atoms with Gasteiger partial charge in [0.05, 0.1) is 11.6 Å². The predicted molar refractivity (Wildman–Crippen MR) is 55.1 cm³/mol. The number of amides is 1. The molecule has 0 saturated heterocycles. The normalized spacial score (nSPS) is 10.6. The van der Waals surface area contributed by atoms with Crippen LogP contribution >= 0.6 is 22.9 Å². The zero-order valence-electron chi connectivity index (χ0n) is 7.08. The molecular formula is C8H9ClN2OS. The van der Waals surface area contributed by atoms with Crippen LogP contribution in [0.15, 0.2) is 17.5 Å². The largest absolute Gasteiger partial charge is 0.298 e. The molecule has 3 nitrogen and oxygen atoms in total. The Balaban J connectivity index is 2.58. The fourth-order valence-corrected chi connectivity index (χ4v) is 1.67. The lowest BCUT2D eigenvalue weighted by Gasteiger charge is -1.93. The third kappa shape index (κ3) is 3.16. The SMILES string of the molecule is C/C=C/C(=O)Nc1nc(CCl)cs1. The second kappa shape index (κ2) is 4.99. The van der Waals surface area contributed by atoms with Gasteiger partial charge in [0, 0.05) is 5.38 Å². The van der Waals surface area contributed by atoms with E-state index in [2.05, 4.69) is 10.3 Å². The summed E-state index contributed by atoms with van der Waals surface area (Å²) in [5.41, 5.74) is 0.780. The van der Waals surface area contributed by atoms with Gasteiger partial charge in [-0.1, -0.05) is 6.08 Å². The van der Waals surface area contributed by atoms with Crippen molar-refractivity contribution in [2.75, 3.05) is 5.32 Å². The summed E-state index contributed by atoms with van der Waals surface area (Å²) in [5.74, 6) is 0.202. The monoisotopic (exact) mass is 216 g/mol. The van der Waals surface area contributed by atoms with Gasteiger partial charge in [-0.3, -0.25) is 10.1 Å². The number of nitrogens with zero attached hydrogens (tertiary/aromatic N) is 1. The maximum atomic E-state index is 11.0. The van der Waals surface area contributed by atoms with Gasteiger partial charge in [0.25, 0.3) is 0 Å². The Kier molecular flexibility index (Phi) is 3.92. The van der Waals surface area contributed by atoms with E-state index in [1.807, 2.05) is 5.38 Å². The average molecular weight is 217 g/mol. The molecule has 0 radical (unpaired) electrons. The van der Waals surface area contributed by atoms with Crippen LogP contribution < -0.4 is 5.32 Å². The highest BCUT2D eigenvalue weighted by atomic mass is 35.5. The van der Waals surface area contributed by atoms with Crippen LogP contribution in [0.1, 0.15) is 12.6 Å². The standard InChI is InChI=1S/C8H9ClN2OS/c1-2-3-7(12)11-8-10-6(4-9)5-13-8/h2-3,5H,4H2,1H3,(H,10,11,12)/b3-2+. The minimum absolute atomic E-state index is 0.169. The number of thiazole rings is 1.